The van der Waals surface area contributed by atoms with E-state index in [1.165, 1.54) is 37.5 Å². The quantitative estimate of drug-likeness (QED) is 0.660. The van der Waals surface area contributed by atoms with E-state index < -0.39 is 36.4 Å². The second-order valence-electron chi connectivity index (χ2n) is 5.59. The first-order chi connectivity index (χ1) is 13.4. The molecule has 0 fully saturated rings. The second-order valence-corrected chi connectivity index (χ2v) is 5.59. The summed E-state index contributed by atoms with van der Waals surface area (Å²) >= 11 is 0. The Kier molecular flexibility index (Phi) is 7.32. The summed E-state index contributed by atoms with van der Waals surface area (Å²) < 4.78 is 14.7. The van der Waals surface area contributed by atoms with Crippen molar-refractivity contribution < 1.29 is 33.1 Å². The number of carbonyl (C=O) groups excluding carboxylic acids is 4. The largest absolute Gasteiger partial charge is 0.462 e. The van der Waals surface area contributed by atoms with Gasteiger partial charge in [-0.25, -0.2) is 9.59 Å². The van der Waals surface area contributed by atoms with Crippen LogP contribution in [0.25, 0.3) is 0 Å². The first-order valence-electron chi connectivity index (χ1n) is 8.49. The zero-order valence-corrected chi connectivity index (χ0v) is 15.4. The van der Waals surface area contributed by atoms with Crippen LogP contribution in [0.5, 0.6) is 0 Å². The molecular formula is C19H20N2O7. The van der Waals surface area contributed by atoms with Gasteiger partial charge in [-0.05, 0) is 38.1 Å². The Morgan fingerprint density at radius 1 is 1.07 bits per heavy atom. The van der Waals surface area contributed by atoms with Gasteiger partial charge in [-0.1, -0.05) is 12.1 Å². The lowest BCUT2D eigenvalue weighted by Crippen LogP contribution is -2.40. The molecule has 148 valence electrons. The molecule has 1 aromatic heterocycles. The Balaban J connectivity index is 1.86. The minimum atomic E-state index is -0.989. The number of furan rings is 1. The fraction of sp³-hybridized carbons (Fsp3) is 0.263. The molecule has 0 saturated heterocycles. The Hall–Kier alpha value is -3.62. The van der Waals surface area contributed by atoms with Gasteiger partial charge in [-0.3, -0.25) is 9.59 Å². The Morgan fingerprint density at radius 2 is 1.82 bits per heavy atom. The summed E-state index contributed by atoms with van der Waals surface area (Å²) in [6, 6.07) is 8.29. The Morgan fingerprint density at radius 3 is 2.50 bits per heavy atom. The van der Waals surface area contributed by atoms with Crippen molar-refractivity contribution in [1.82, 2.24) is 5.32 Å². The van der Waals surface area contributed by atoms with Gasteiger partial charge < -0.3 is 24.5 Å². The molecule has 0 radical (unpaired) electrons. The summed E-state index contributed by atoms with van der Waals surface area (Å²) in [4.78, 5) is 47.7. The molecule has 0 aliphatic rings. The highest BCUT2D eigenvalue weighted by atomic mass is 16.5. The molecule has 2 amide bonds. The molecule has 1 unspecified atom stereocenters. The molecule has 0 saturated carbocycles. The maximum atomic E-state index is 12.0. The molecule has 0 aliphatic heterocycles. The summed E-state index contributed by atoms with van der Waals surface area (Å²) in [5, 5.41) is 4.88. The van der Waals surface area contributed by atoms with E-state index in [9.17, 15) is 19.2 Å². The number of carbonyl (C=O) groups is 4. The van der Waals surface area contributed by atoms with Gasteiger partial charge >= 0.3 is 11.9 Å². The first-order valence-corrected chi connectivity index (χ1v) is 8.49. The number of para-hydroxylation sites is 1. The molecule has 0 spiro atoms. The predicted molar refractivity (Wildman–Crippen MR) is 97.6 cm³/mol. The van der Waals surface area contributed by atoms with Crippen molar-refractivity contribution in [3.05, 3.63) is 54.0 Å². The number of rotatable bonds is 8. The van der Waals surface area contributed by atoms with Crippen molar-refractivity contribution in [3.8, 4) is 0 Å². The van der Waals surface area contributed by atoms with Gasteiger partial charge in [0, 0.05) is 0 Å². The number of ether oxygens (including phenoxy) is 2. The maximum absolute atomic E-state index is 12.0. The van der Waals surface area contributed by atoms with E-state index in [2.05, 4.69) is 10.6 Å². The molecule has 9 nitrogen and oxygen atoms in total. The van der Waals surface area contributed by atoms with Crippen LogP contribution in [0.1, 0.15) is 34.8 Å². The molecule has 0 aliphatic carbocycles. The van der Waals surface area contributed by atoms with Crippen LogP contribution in [0, 0.1) is 0 Å². The third kappa shape index (κ3) is 5.70. The lowest BCUT2D eigenvalue weighted by molar-refractivity contribution is -0.148. The van der Waals surface area contributed by atoms with Crippen molar-refractivity contribution in [2.75, 3.05) is 18.5 Å². The molecule has 1 aromatic carbocycles. The van der Waals surface area contributed by atoms with Gasteiger partial charge in [-0.2, -0.15) is 0 Å². The normalized spacial score (nSPS) is 11.2. The SMILES string of the molecule is CCOC(=O)c1ccccc1NC(=O)COC(=O)C(C)NC(=O)c1ccco1. The van der Waals surface area contributed by atoms with Gasteiger partial charge in [0.2, 0.25) is 0 Å². The molecule has 1 heterocycles. The fourth-order valence-electron chi connectivity index (χ4n) is 2.16. The Bertz CT molecular complexity index is 846. The number of benzene rings is 1. The van der Waals surface area contributed by atoms with E-state index in [1.807, 2.05) is 0 Å². The van der Waals surface area contributed by atoms with Crippen molar-refractivity contribution >= 4 is 29.4 Å². The number of nitrogens with one attached hydrogen (secondary N) is 2. The number of hydrogen-bond acceptors (Lipinski definition) is 7. The zero-order valence-electron chi connectivity index (χ0n) is 15.4. The summed E-state index contributed by atoms with van der Waals surface area (Å²) in [5.74, 6) is -2.55. The summed E-state index contributed by atoms with van der Waals surface area (Å²) in [6.07, 6.45) is 1.33. The number of esters is 2. The average Bonchev–Trinajstić information content (AvgIpc) is 3.21. The zero-order chi connectivity index (χ0) is 20.5. The maximum Gasteiger partial charge on any atom is 0.340 e. The number of hydrogen-bond donors (Lipinski definition) is 2. The van der Waals surface area contributed by atoms with Crippen LogP contribution in [0.3, 0.4) is 0 Å². The third-order valence-electron chi connectivity index (χ3n) is 3.49. The standard InChI is InChI=1S/C19H20N2O7/c1-3-26-19(25)13-7-4-5-8-14(13)21-16(22)11-28-18(24)12(2)20-17(23)15-9-6-10-27-15/h4-10,12H,3,11H2,1-2H3,(H,20,23)(H,21,22). The van der Waals surface area contributed by atoms with Crippen LogP contribution in [0.2, 0.25) is 0 Å². The minimum absolute atomic E-state index is 0.0490. The highest BCUT2D eigenvalue weighted by molar-refractivity contribution is 6.02. The number of amides is 2. The minimum Gasteiger partial charge on any atom is -0.462 e. The summed E-state index contributed by atoms with van der Waals surface area (Å²) in [6.45, 7) is 2.69. The molecule has 2 aromatic rings. The molecule has 9 heteroatoms. The summed E-state index contributed by atoms with van der Waals surface area (Å²) in [7, 11) is 0. The van der Waals surface area contributed by atoms with Crippen LogP contribution in [-0.2, 0) is 19.1 Å². The predicted octanol–water partition coefficient (Wildman–Crippen LogP) is 1.76. The van der Waals surface area contributed by atoms with Crippen LogP contribution >= 0.6 is 0 Å². The second kappa shape index (κ2) is 9.91. The van der Waals surface area contributed by atoms with E-state index in [0.29, 0.717) is 0 Å². The first kappa shape index (κ1) is 20.7. The molecular weight excluding hydrogens is 368 g/mol. The molecule has 28 heavy (non-hydrogen) atoms. The van der Waals surface area contributed by atoms with E-state index in [4.69, 9.17) is 13.9 Å². The molecule has 2 N–H and O–H groups in total. The van der Waals surface area contributed by atoms with Crippen molar-refractivity contribution in [2.45, 2.75) is 19.9 Å². The van der Waals surface area contributed by atoms with Gasteiger partial charge in [0.1, 0.15) is 6.04 Å². The third-order valence-corrected chi connectivity index (χ3v) is 3.49. The summed E-state index contributed by atoms with van der Waals surface area (Å²) in [5.41, 5.74) is 0.421. The van der Waals surface area contributed by atoms with E-state index in [-0.39, 0.29) is 23.6 Å². The topological polar surface area (TPSA) is 124 Å². The monoisotopic (exact) mass is 388 g/mol. The highest BCUT2D eigenvalue weighted by Gasteiger charge is 2.21. The Labute approximate surface area is 161 Å². The van der Waals surface area contributed by atoms with Gasteiger partial charge in [0.15, 0.2) is 12.4 Å². The number of anilines is 1. The van der Waals surface area contributed by atoms with Crippen molar-refractivity contribution in [2.24, 2.45) is 0 Å². The molecule has 0 bridgehead atoms. The lowest BCUT2D eigenvalue weighted by Gasteiger charge is -2.13. The van der Waals surface area contributed by atoms with Gasteiger partial charge in [0.25, 0.3) is 11.8 Å². The van der Waals surface area contributed by atoms with Crippen LogP contribution in [-0.4, -0.2) is 43.0 Å². The van der Waals surface area contributed by atoms with Crippen LogP contribution in [0.4, 0.5) is 5.69 Å². The van der Waals surface area contributed by atoms with Gasteiger partial charge in [-0.15, -0.1) is 0 Å². The van der Waals surface area contributed by atoms with Crippen molar-refractivity contribution in [1.29, 1.82) is 0 Å². The fourth-order valence-corrected chi connectivity index (χ4v) is 2.16. The van der Waals surface area contributed by atoms with Gasteiger partial charge in [0.05, 0.1) is 24.1 Å². The lowest BCUT2D eigenvalue weighted by atomic mass is 10.2. The smallest absolute Gasteiger partial charge is 0.340 e. The van der Waals surface area contributed by atoms with Crippen LogP contribution < -0.4 is 10.6 Å². The highest BCUT2D eigenvalue weighted by Crippen LogP contribution is 2.16. The van der Waals surface area contributed by atoms with E-state index in [0.717, 1.165) is 0 Å². The average molecular weight is 388 g/mol. The molecule has 1 atom stereocenters. The molecule has 2 rings (SSSR count). The van der Waals surface area contributed by atoms with E-state index in [1.54, 1.807) is 19.1 Å². The van der Waals surface area contributed by atoms with Crippen molar-refractivity contribution in [3.63, 3.8) is 0 Å². The van der Waals surface area contributed by atoms with E-state index >= 15 is 0 Å². The van der Waals surface area contributed by atoms with Crippen LogP contribution in [0.15, 0.2) is 47.1 Å².